The highest BCUT2D eigenvalue weighted by atomic mass is 32.1. The van der Waals surface area contributed by atoms with E-state index in [2.05, 4.69) is 25.5 Å². The van der Waals surface area contributed by atoms with Crippen LogP contribution in [0.1, 0.15) is 12.8 Å². The maximum absolute atomic E-state index is 5.61. The highest BCUT2D eigenvalue weighted by Crippen LogP contribution is 2.18. The highest BCUT2D eigenvalue weighted by Gasteiger charge is 2.18. The van der Waals surface area contributed by atoms with E-state index in [9.17, 15) is 0 Å². The molecule has 1 aromatic rings. The molecule has 1 aromatic heterocycles. The van der Waals surface area contributed by atoms with Gasteiger partial charge in [-0.1, -0.05) is 0 Å². The van der Waals surface area contributed by atoms with Crippen LogP contribution in [0.4, 0.5) is 5.13 Å². The van der Waals surface area contributed by atoms with Crippen LogP contribution in [0.3, 0.4) is 0 Å². The zero-order valence-corrected chi connectivity index (χ0v) is 12.8. The molecule has 2 aliphatic rings. The van der Waals surface area contributed by atoms with Crippen molar-refractivity contribution in [2.24, 2.45) is 0 Å². The first-order valence-corrected chi connectivity index (χ1v) is 8.49. The van der Waals surface area contributed by atoms with Crippen molar-refractivity contribution >= 4 is 16.5 Å². The average Bonchev–Trinajstić information content (AvgIpc) is 3.17. The van der Waals surface area contributed by atoms with Crippen molar-refractivity contribution in [1.82, 2.24) is 15.2 Å². The fourth-order valence-corrected chi connectivity index (χ4v) is 3.54. The molecule has 6 heteroatoms. The molecule has 1 N–H and O–H groups in total. The predicted octanol–water partition coefficient (Wildman–Crippen LogP) is 1.03. The number of nitrogens with one attached hydrogen (secondary N) is 1. The standard InChI is InChI=1S/C14H24N4OS/c1-2-13(19-10-1)12-15-3-5-17-6-8-18(9-7-17)14-16-4-11-20-14/h4,11,13,15H,1-3,5-10,12H2. The molecule has 0 bridgehead atoms. The summed E-state index contributed by atoms with van der Waals surface area (Å²) in [6, 6.07) is 0. The number of hydrogen-bond donors (Lipinski definition) is 1. The molecule has 0 saturated carbocycles. The number of aromatic nitrogens is 1. The van der Waals surface area contributed by atoms with Crippen molar-refractivity contribution in [3.8, 4) is 0 Å². The number of piperazine rings is 1. The summed E-state index contributed by atoms with van der Waals surface area (Å²) in [5.74, 6) is 0. The van der Waals surface area contributed by atoms with E-state index in [1.165, 1.54) is 18.0 Å². The molecular formula is C14H24N4OS. The van der Waals surface area contributed by atoms with Gasteiger partial charge in [-0.2, -0.15) is 0 Å². The molecule has 5 nitrogen and oxygen atoms in total. The lowest BCUT2D eigenvalue weighted by Gasteiger charge is -2.34. The number of hydrogen-bond acceptors (Lipinski definition) is 6. The largest absolute Gasteiger partial charge is 0.377 e. The Bertz CT molecular complexity index is 373. The Labute approximate surface area is 124 Å². The van der Waals surface area contributed by atoms with Crippen molar-refractivity contribution in [2.75, 3.05) is 57.3 Å². The van der Waals surface area contributed by atoms with Gasteiger partial charge in [0.15, 0.2) is 5.13 Å². The Morgan fingerprint density at radius 3 is 2.95 bits per heavy atom. The van der Waals surface area contributed by atoms with Gasteiger partial charge in [0.2, 0.25) is 0 Å². The fraction of sp³-hybridized carbons (Fsp3) is 0.786. The van der Waals surface area contributed by atoms with Crippen LogP contribution >= 0.6 is 11.3 Å². The lowest BCUT2D eigenvalue weighted by Crippen LogP contribution is -2.48. The van der Waals surface area contributed by atoms with Crippen LogP contribution in [0.5, 0.6) is 0 Å². The third-order valence-electron chi connectivity index (χ3n) is 4.06. The number of rotatable bonds is 6. The van der Waals surface area contributed by atoms with Crippen LogP contribution in [0.25, 0.3) is 0 Å². The first kappa shape index (κ1) is 14.3. The molecule has 0 spiro atoms. The van der Waals surface area contributed by atoms with E-state index >= 15 is 0 Å². The quantitative estimate of drug-likeness (QED) is 0.794. The number of nitrogens with zero attached hydrogens (tertiary/aromatic N) is 3. The van der Waals surface area contributed by atoms with E-state index in [1.807, 2.05) is 6.20 Å². The van der Waals surface area contributed by atoms with Crippen molar-refractivity contribution < 1.29 is 4.74 Å². The van der Waals surface area contributed by atoms with Gasteiger partial charge < -0.3 is 15.0 Å². The molecular weight excluding hydrogens is 272 g/mol. The Balaban J connectivity index is 1.28. The lowest BCUT2D eigenvalue weighted by molar-refractivity contribution is 0.109. The summed E-state index contributed by atoms with van der Waals surface area (Å²) in [5, 5.41) is 6.74. The Morgan fingerprint density at radius 1 is 1.35 bits per heavy atom. The maximum Gasteiger partial charge on any atom is 0.185 e. The summed E-state index contributed by atoms with van der Waals surface area (Å²) in [6.07, 6.45) is 4.79. The van der Waals surface area contributed by atoms with Gasteiger partial charge in [-0.05, 0) is 12.8 Å². The smallest absolute Gasteiger partial charge is 0.185 e. The molecule has 3 heterocycles. The van der Waals surface area contributed by atoms with Gasteiger partial charge in [-0.25, -0.2) is 4.98 Å². The summed E-state index contributed by atoms with van der Waals surface area (Å²) in [4.78, 5) is 9.31. The molecule has 1 unspecified atom stereocenters. The number of thiazole rings is 1. The normalized spacial score (nSPS) is 24.4. The fourth-order valence-electron chi connectivity index (χ4n) is 2.84. The summed E-state index contributed by atoms with van der Waals surface area (Å²) in [6.45, 7) is 8.64. The summed E-state index contributed by atoms with van der Waals surface area (Å²) in [7, 11) is 0. The van der Waals surface area contributed by atoms with Gasteiger partial charge in [0, 0.05) is 64.0 Å². The molecule has 1 atom stereocenters. The van der Waals surface area contributed by atoms with E-state index in [1.54, 1.807) is 11.3 Å². The second-order valence-corrected chi connectivity index (χ2v) is 6.36. The van der Waals surface area contributed by atoms with Gasteiger partial charge in [-0.15, -0.1) is 11.3 Å². The molecule has 2 saturated heterocycles. The Morgan fingerprint density at radius 2 is 2.25 bits per heavy atom. The van der Waals surface area contributed by atoms with Crippen LogP contribution in [-0.4, -0.2) is 68.4 Å². The Kier molecular flexibility index (Phi) is 5.24. The second kappa shape index (κ2) is 7.36. The predicted molar refractivity (Wildman–Crippen MR) is 82.6 cm³/mol. The molecule has 0 aromatic carbocycles. The van der Waals surface area contributed by atoms with E-state index in [0.29, 0.717) is 6.10 Å². The van der Waals surface area contributed by atoms with Crippen LogP contribution in [0.15, 0.2) is 11.6 Å². The summed E-state index contributed by atoms with van der Waals surface area (Å²) in [5.41, 5.74) is 0. The topological polar surface area (TPSA) is 40.6 Å². The third kappa shape index (κ3) is 3.91. The summed E-state index contributed by atoms with van der Waals surface area (Å²) < 4.78 is 5.61. The van der Waals surface area contributed by atoms with Crippen LogP contribution in [-0.2, 0) is 4.74 Å². The van der Waals surface area contributed by atoms with Crippen LogP contribution in [0.2, 0.25) is 0 Å². The zero-order chi connectivity index (χ0) is 13.6. The van der Waals surface area contributed by atoms with Crippen molar-refractivity contribution in [3.63, 3.8) is 0 Å². The van der Waals surface area contributed by atoms with Crippen LogP contribution < -0.4 is 10.2 Å². The minimum atomic E-state index is 0.455. The van der Waals surface area contributed by atoms with Crippen molar-refractivity contribution in [2.45, 2.75) is 18.9 Å². The second-order valence-electron chi connectivity index (χ2n) is 5.48. The molecule has 2 aliphatic heterocycles. The first-order valence-electron chi connectivity index (χ1n) is 7.61. The maximum atomic E-state index is 5.61. The Hall–Kier alpha value is -0.690. The van der Waals surface area contributed by atoms with E-state index < -0.39 is 0 Å². The molecule has 3 rings (SSSR count). The molecule has 0 amide bonds. The minimum Gasteiger partial charge on any atom is -0.377 e. The van der Waals surface area contributed by atoms with E-state index in [-0.39, 0.29) is 0 Å². The number of ether oxygens (including phenoxy) is 1. The van der Waals surface area contributed by atoms with Crippen molar-refractivity contribution in [1.29, 1.82) is 0 Å². The van der Waals surface area contributed by atoms with Gasteiger partial charge in [0.25, 0.3) is 0 Å². The van der Waals surface area contributed by atoms with E-state index in [4.69, 9.17) is 4.74 Å². The van der Waals surface area contributed by atoms with Gasteiger partial charge >= 0.3 is 0 Å². The molecule has 2 fully saturated rings. The third-order valence-corrected chi connectivity index (χ3v) is 4.90. The first-order chi connectivity index (χ1) is 9.92. The monoisotopic (exact) mass is 296 g/mol. The molecule has 20 heavy (non-hydrogen) atoms. The van der Waals surface area contributed by atoms with Gasteiger partial charge in [-0.3, -0.25) is 4.90 Å². The minimum absolute atomic E-state index is 0.455. The van der Waals surface area contributed by atoms with E-state index in [0.717, 1.165) is 52.4 Å². The van der Waals surface area contributed by atoms with Gasteiger partial charge in [0.05, 0.1) is 6.10 Å². The number of anilines is 1. The molecule has 0 radical (unpaired) electrons. The lowest BCUT2D eigenvalue weighted by atomic mass is 10.2. The highest BCUT2D eigenvalue weighted by molar-refractivity contribution is 7.13. The zero-order valence-electron chi connectivity index (χ0n) is 12.0. The average molecular weight is 296 g/mol. The molecule has 0 aliphatic carbocycles. The molecule has 112 valence electrons. The van der Waals surface area contributed by atoms with Gasteiger partial charge in [0.1, 0.15) is 0 Å². The SMILES string of the molecule is c1csc(N2CCN(CCNCC3CCCO3)CC2)n1. The summed E-state index contributed by atoms with van der Waals surface area (Å²) >= 11 is 1.74. The van der Waals surface area contributed by atoms with Crippen LogP contribution in [0, 0.1) is 0 Å². The van der Waals surface area contributed by atoms with Crippen molar-refractivity contribution in [3.05, 3.63) is 11.6 Å².